The molecule has 1 saturated heterocycles. The van der Waals surface area contributed by atoms with Gasteiger partial charge in [-0.05, 0) is 42.0 Å². The van der Waals surface area contributed by atoms with Gasteiger partial charge in [-0.15, -0.1) is 0 Å². The average molecular weight is 618 g/mol. The Kier molecular flexibility index (Phi) is 9.83. The van der Waals surface area contributed by atoms with E-state index in [4.69, 9.17) is 28.4 Å². The molecule has 0 aliphatic carbocycles. The van der Waals surface area contributed by atoms with Crippen molar-refractivity contribution in [2.45, 2.75) is 12.7 Å². The molecule has 3 aromatic carbocycles. The maximum Gasteiger partial charge on any atom is 0.254 e. The molecule has 1 amide bonds. The minimum atomic E-state index is -0.399. The Labute approximate surface area is 262 Å². The van der Waals surface area contributed by atoms with Crippen LogP contribution in [0.25, 0.3) is 0 Å². The predicted octanol–water partition coefficient (Wildman–Crippen LogP) is 3.99. The van der Waals surface area contributed by atoms with Gasteiger partial charge < -0.3 is 44.0 Å². The van der Waals surface area contributed by atoms with Crippen LogP contribution in [0.3, 0.4) is 0 Å². The first-order valence-corrected chi connectivity index (χ1v) is 15.1. The third-order valence-corrected chi connectivity index (χ3v) is 7.86. The summed E-state index contributed by atoms with van der Waals surface area (Å²) in [6, 6.07) is 17.5. The van der Waals surface area contributed by atoms with E-state index in [1.807, 2.05) is 53.4 Å². The predicted molar refractivity (Wildman–Crippen MR) is 170 cm³/mol. The third-order valence-electron chi connectivity index (χ3n) is 7.86. The van der Waals surface area contributed by atoms with Crippen molar-refractivity contribution < 1.29 is 33.2 Å². The first kappa shape index (κ1) is 30.5. The average Bonchev–Trinajstić information content (AvgIpc) is 3.54. The Morgan fingerprint density at radius 3 is 2.44 bits per heavy atom. The highest BCUT2D eigenvalue weighted by molar-refractivity contribution is 5.95. The Morgan fingerprint density at radius 2 is 1.67 bits per heavy atom. The van der Waals surface area contributed by atoms with Crippen molar-refractivity contribution in [3.63, 3.8) is 0 Å². The zero-order valence-corrected chi connectivity index (χ0v) is 25.6. The van der Waals surface area contributed by atoms with Gasteiger partial charge in [-0.3, -0.25) is 9.69 Å². The van der Waals surface area contributed by atoms with E-state index in [1.54, 1.807) is 20.6 Å². The highest BCUT2D eigenvalue weighted by atomic mass is 16.7. The number of hydrogen-bond donors (Lipinski definition) is 2. The van der Waals surface area contributed by atoms with Gasteiger partial charge in [0, 0.05) is 69.8 Å². The number of carbonyl (C=O) groups is 1. The van der Waals surface area contributed by atoms with Crippen LogP contribution in [0.4, 0.5) is 11.4 Å². The number of rotatable bonds is 13. The topological polar surface area (TPSA) is 115 Å². The van der Waals surface area contributed by atoms with E-state index in [9.17, 15) is 4.79 Å². The van der Waals surface area contributed by atoms with Crippen LogP contribution in [0.1, 0.15) is 27.7 Å². The smallest absolute Gasteiger partial charge is 0.254 e. The fourth-order valence-corrected chi connectivity index (χ4v) is 5.49. The zero-order valence-electron chi connectivity index (χ0n) is 25.6. The summed E-state index contributed by atoms with van der Waals surface area (Å²) in [6.45, 7) is 5.66. The van der Waals surface area contributed by atoms with Crippen molar-refractivity contribution >= 4 is 23.6 Å². The normalized spacial score (nSPS) is 17.0. The van der Waals surface area contributed by atoms with Gasteiger partial charge >= 0.3 is 0 Å². The summed E-state index contributed by atoms with van der Waals surface area (Å²) in [5.74, 6) is 2.79. The Balaban J connectivity index is 1.09. The quantitative estimate of drug-likeness (QED) is 0.273. The van der Waals surface area contributed by atoms with Gasteiger partial charge in [-0.25, -0.2) is 4.99 Å². The maximum atomic E-state index is 13.5. The molecule has 45 heavy (non-hydrogen) atoms. The third kappa shape index (κ3) is 7.42. The Morgan fingerprint density at radius 1 is 0.911 bits per heavy atom. The molecule has 0 aromatic heterocycles. The largest absolute Gasteiger partial charge is 0.487 e. The van der Waals surface area contributed by atoms with Crippen LogP contribution in [0.5, 0.6) is 23.0 Å². The number of fused-ring (bicyclic) bond motifs is 2. The van der Waals surface area contributed by atoms with Gasteiger partial charge in [0.05, 0.1) is 25.2 Å². The van der Waals surface area contributed by atoms with Crippen molar-refractivity contribution in [3.05, 3.63) is 71.3 Å². The minimum Gasteiger partial charge on any atom is -0.487 e. The molecule has 6 rings (SSSR count). The van der Waals surface area contributed by atoms with E-state index in [-0.39, 0.29) is 12.7 Å². The van der Waals surface area contributed by atoms with Gasteiger partial charge in [-0.1, -0.05) is 12.1 Å². The molecule has 1 fully saturated rings. The van der Waals surface area contributed by atoms with Gasteiger partial charge in [0.15, 0.2) is 23.0 Å². The van der Waals surface area contributed by atoms with Crippen LogP contribution in [-0.4, -0.2) is 95.7 Å². The number of nitrogens with zero attached hydrogens (tertiary/aromatic N) is 3. The molecular formula is C33H39N5O7. The Bertz CT molecular complexity index is 1510. The van der Waals surface area contributed by atoms with Gasteiger partial charge in [0.25, 0.3) is 5.91 Å². The van der Waals surface area contributed by atoms with E-state index in [0.29, 0.717) is 56.6 Å². The molecule has 3 heterocycles. The van der Waals surface area contributed by atoms with E-state index in [0.717, 1.165) is 48.1 Å². The standard InChI is InChI=1S/C33H39N5O7/c1-40-12-14-42-30-18-26-27(19-31(30)43-15-13-41-2)34-21-35-32(26)36-25-5-3-4-24(17-25)33(39)38-10-8-37(9-11-38)20-23-6-7-28-29(16-23)45-22-44-28/h3-7,16-19,21,32,36H,8-15,20,22H2,1-2H3,(H,34,35)/t32-/m0/s1. The second-order valence-corrected chi connectivity index (χ2v) is 10.9. The second-order valence-electron chi connectivity index (χ2n) is 10.9. The fraction of sp³-hybridized carbons (Fsp3) is 0.394. The van der Waals surface area contributed by atoms with Crippen LogP contribution in [0.2, 0.25) is 0 Å². The second kappa shape index (κ2) is 14.5. The number of ether oxygens (including phenoxy) is 6. The van der Waals surface area contributed by atoms with E-state index in [1.165, 1.54) is 5.56 Å². The lowest BCUT2D eigenvalue weighted by Crippen LogP contribution is -2.48. The lowest BCUT2D eigenvalue weighted by Gasteiger charge is -2.35. The fourth-order valence-electron chi connectivity index (χ4n) is 5.49. The van der Waals surface area contributed by atoms with Crippen LogP contribution >= 0.6 is 0 Å². The molecule has 0 bridgehead atoms. The van der Waals surface area contributed by atoms with Crippen molar-refractivity contribution in [2.24, 2.45) is 4.99 Å². The van der Waals surface area contributed by atoms with E-state index < -0.39 is 6.17 Å². The summed E-state index contributed by atoms with van der Waals surface area (Å²) in [7, 11) is 3.26. The Hall–Kier alpha value is -4.52. The maximum absolute atomic E-state index is 13.5. The molecule has 3 aromatic rings. The molecule has 0 saturated carbocycles. The monoisotopic (exact) mass is 617 g/mol. The van der Waals surface area contributed by atoms with Crippen molar-refractivity contribution in [2.75, 3.05) is 84.3 Å². The lowest BCUT2D eigenvalue weighted by molar-refractivity contribution is 0.0628. The minimum absolute atomic E-state index is 0.0160. The molecule has 2 N–H and O–H groups in total. The SMILES string of the molecule is COCCOc1cc2c(cc1OCCOC)[C@H](Nc1cccc(C(=O)N3CCN(Cc4ccc5c(c4)OCO5)CC3)c1)N=CN2. The summed E-state index contributed by atoms with van der Waals surface area (Å²) in [5, 5.41) is 6.68. The van der Waals surface area contributed by atoms with Crippen molar-refractivity contribution in [1.29, 1.82) is 0 Å². The molecule has 1 atom stereocenters. The number of hydrogen-bond acceptors (Lipinski definition) is 11. The summed E-state index contributed by atoms with van der Waals surface area (Å²) in [6.07, 6.45) is 1.26. The number of aliphatic imine (C=N–C) groups is 1. The lowest BCUT2D eigenvalue weighted by atomic mass is 10.1. The molecule has 3 aliphatic rings. The highest BCUT2D eigenvalue weighted by Crippen LogP contribution is 2.39. The molecule has 12 heteroatoms. The summed E-state index contributed by atoms with van der Waals surface area (Å²) in [5.41, 5.74) is 4.33. The molecule has 238 valence electrons. The first-order chi connectivity index (χ1) is 22.1. The van der Waals surface area contributed by atoms with Crippen molar-refractivity contribution in [1.82, 2.24) is 9.80 Å². The highest BCUT2D eigenvalue weighted by Gasteiger charge is 2.25. The van der Waals surface area contributed by atoms with E-state index >= 15 is 0 Å². The molecule has 0 radical (unpaired) electrons. The number of benzene rings is 3. The molecule has 3 aliphatic heterocycles. The summed E-state index contributed by atoms with van der Waals surface area (Å²) in [4.78, 5) is 22.4. The number of anilines is 2. The summed E-state index contributed by atoms with van der Waals surface area (Å²) < 4.78 is 33.1. The zero-order chi connectivity index (χ0) is 31.0. The van der Waals surface area contributed by atoms with E-state index in [2.05, 4.69) is 26.6 Å². The molecule has 12 nitrogen and oxygen atoms in total. The van der Waals surface area contributed by atoms with Crippen LogP contribution < -0.4 is 29.6 Å². The van der Waals surface area contributed by atoms with Crippen LogP contribution in [-0.2, 0) is 16.0 Å². The van der Waals surface area contributed by atoms with Gasteiger partial charge in [0.1, 0.15) is 19.4 Å². The molecule has 0 spiro atoms. The number of nitrogens with one attached hydrogen (secondary N) is 2. The van der Waals surface area contributed by atoms with Crippen LogP contribution in [0, 0.1) is 0 Å². The molecular weight excluding hydrogens is 578 g/mol. The van der Waals surface area contributed by atoms with Crippen molar-refractivity contribution in [3.8, 4) is 23.0 Å². The number of piperazine rings is 1. The summed E-state index contributed by atoms with van der Waals surface area (Å²) >= 11 is 0. The van der Waals surface area contributed by atoms with Crippen LogP contribution in [0.15, 0.2) is 59.6 Å². The number of amides is 1. The number of methoxy groups -OCH3 is 2. The first-order valence-electron chi connectivity index (χ1n) is 15.1. The molecule has 0 unspecified atom stereocenters. The van der Waals surface area contributed by atoms with Gasteiger partial charge in [0.2, 0.25) is 6.79 Å². The number of carbonyl (C=O) groups excluding carboxylic acids is 1. The van der Waals surface area contributed by atoms with Gasteiger partial charge in [-0.2, -0.15) is 0 Å².